The normalized spacial score (nSPS) is 11.2. The van der Waals surface area contributed by atoms with Gasteiger partial charge in [0.1, 0.15) is 6.33 Å². The molecule has 0 amide bonds. The Morgan fingerprint density at radius 3 is 2.62 bits per heavy atom. The zero-order chi connectivity index (χ0) is 16.5. The van der Waals surface area contributed by atoms with E-state index in [4.69, 9.17) is 0 Å². The van der Waals surface area contributed by atoms with Crippen LogP contribution in [0.15, 0.2) is 41.7 Å². The highest BCUT2D eigenvalue weighted by Crippen LogP contribution is 2.08. The molecule has 0 saturated carbocycles. The van der Waals surface area contributed by atoms with Gasteiger partial charge in [-0.05, 0) is 30.9 Å². The highest BCUT2D eigenvalue weighted by molar-refractivity contribution is 14.0. The van der Waals surface area contributed by atoms with Crippen molar-refractivity contribution in [3.8, 4) is 5.69 Å². The van der Waals surface area contributed by atoms with Crippen LogP contribution >= 0.6 is 24.0 Å². The third-order valence-electron chi connectivity index (χ3n) is 3.54. The second-order valence-electron chi connectivity index (χ2n) is 5.84. The number of nitrogens with zero attached hydrogens (tertiary/aromatic N) is 4. The average molecular weight is 442 g/mol. The minimum atomic E-state index is 0. The SMILES string of the molecule is CN=C(NCCCC(C)C)NCc1nncn1-c1ccccc1.I. The van der Waals surface area contributed by atoms with Crippen molar-refractivity contribution in [1.29, 1.82) is 0 Å². The summed E-state index contributed by atoms with van der Waals surface area (Å²) >= 11 is 0. The summed E-state index contributed by atoms with van der Waals surface area (Å²) in [6, 6.07) is 10.1. The van der Waals surface area contributed by atoms with Crippen LogP contribution in [0.3, 0.4) is 0 Å². The molecule has 0 aliphatic carbocycles. The van der Waals surface area contributed by atoms with Crippen molar-refractivity contribution >= 4 is 29.9 Å². The van der Waals surface area contributed by atoms with Gasteiger partial charge >= 0.3 is 0 Å². The highest BCUT2D eigenvalue weighted by Gasteiger charge is 2.07. The van der Waals surface area contributed by atoms with E-state index in [9.17, 15) is 0 Å². The minimum Gasteiger partial charge on any atom is -0.356 e. The van der Waals surface area contributed by atoms with Crippen LogP contribution in [0, 0.1) is 5.92 Å². The fraction of sp³-hybridized carbons (Fsp3) is 0.471. The van der Waals surface area contributed by atoms with E-state index < -0.39 is 0 Å². The average Bonchev–Trinajstić information content (AvgIpc) is 3.03. The first-order chi connectivity index (χ1) is 11.2. The molecule has 0 spiro atoms. The van der Waals surface area contributed by atoms with Crippen LogP contribution in [0.1, 0.15) is 32.5 Å². The Bertz CT molecular complexity index is 609. The lowest BCUT2D eigenvalue weighted by Crippen LogP contribution is -2.37. The molecular weight excluding hydrogens is 415 g/mol. The van der Waals surface area contributed by atoms with Crippen molar-refractivity contribution in [3.63, 3.8) is 0 Å². The first kappa shape index (κ1) is 20.4. The zero-order valence-electron chi connectivity index (χ0n) is 14.6. The second-order valence-corrected chi connectivity index (χ2v) is 5.84. The Hall–Kier alpha value is -1.64. The van der Waals surface area contributed by atoms with Gasteiger partial charge in [-0.25, -0.2) is 0 Å². The van der Waals surface area contributed by atoms with Crippen LogP contribution in [0.4, 0.5) is 0 Å². The molecule has 1 aromatic heterocycles. The molecule has 2 rings (SSSR count). The number of guanidine groups is 1. The molecule has 2 N–H and O–H groups in total. The molecule has 0 bridgehead atoms. The maximum Gasteiger partial charge on any atom is 0.191 e. The molecule has 7 heteroatoms. The monoisotopic (exact) mass is 442 g/mol. The van der Waals surface area contributed by atoms with E-state index in [1.165, 1.54) is 6.42 Å². The number of rotatable bonds is 7. The second kappa shape index (κ2) is 11.0. The summed E-state index contributed by atoms with van der Waals surface area (Å²) in [7, 11) is 1.78. The fourth-order valence-electron chi connectivity index (χ4n) is 2.28. The fourth-order valence-corrected chi connectivity index (χ4v) is 2.28. The molecule has 0 saturated heterocycles. The molecule has 0 atom stereocenters. The van der Waals surface area contributed by atoms with Crippen molar-refractivity contribution in [2.75, 3.05) is 13.6 Å². The lowest BCUT2D eigenvalue weighted by atomic mass is 10.1. The van der Waals surface area contributed by atoms with Crippen molar-refractivity contribution in [3.05, 3.63) is 42.5 Å². The number of halogens is 1. The zero-order valence-corrected chi connectivity index (χ0v) is 16.9. The van der Waals surface area contributed by atoms with Gasteiger partial charge in [0.2, 0.25) is 0 Å². The number of nitrogens with one attached hydrogen (secondary N) is 2. The summed E-state index contributed by atoms with van der Waals surface area (Å²) in [5, 5.41) is 14.8. The molecule has 132 valence electrons. The summed E-state index contributed by atoms with van der Waals surface area (Å²) in [6.07, 6.45) is 4.08. The van der Waals surface area contributed by atoms with Crippen molar-refractivity contribution in [2.24, 2.45) is 10.9 Å². The number of aliphatic imine (C=N–C) groups is 1. The number of hydrogen-bond donors (Lipinski definition) is 2. The van der Waals surface area contributed by atoms with Gasteiger partial charge in [-0.2, -0.15) is 0 Å². The van der Waals surface area contributed by atoms with E-state index in [0.717, 1.165) is 36.4 Å². The predicted octanol–water partition coefficient (Wildman–Crippen LogP) is 2.99. The van der Waals surface area contributed by atoms with Gasteiger partial charge < -0.3 is 10.6 Å². The van der Waals surface area contributed by atoms with Gasteiger partial charge in [-0.15, -0.1) is 34.2 Å². The van der Waals surface area contributed by atoms with E-state index in [1.807, 2.05) is 34.9 Å². The maximum atomic E-state index is 4.24. The van der Waals surface area contributed by atoms with Crippen LogP contribution < -0.4 is 10.6 Å². The van der Waals surface area contributed by atoms with Crippen molar-refractivity contribution in [1.82, 2.24) is 25.4 Å². The Balaban J connectivity index is 0.00000288. The Morgan fingerprint density at radius 1 is 1.21 bits per heavy atom. The predicted molar refractivity (Wildman–Crippen MR) is 109 cm³/mol. The summed E-state index contributed by atoms with van der Waals surface area (Å²) in [6.45, 7) is 5.97. The summed E-state index contributed by atoms with van der Waals surface area (Å²) in [5.41, 5.74) is 1.05. The van der Waals surface area contributed by atoms with Gasteiger partial charge in [0.25, 0.3) is 0 Å². The molecule has 1 heterocycles. The van der Waals surface area contributed by atoms with E-state index in [1.54, 1.807) is 13.4 Å². The molecule has 6 nitrogen and oxygen atoms in total. The smallest absolute Gasteiger partial charge is 0.191 e. The number of para-hydroxylation sites is 1. The van der Waals surface area contributed by atoms with E-state index in [-0.39, 0.29) is 24.0 Å². The minimum absolute atomic E-state index is 0. The molecule has 0 aliphatic rings. The number of hydrogen-bond acceptors (Lipinski definition) is 3. The largest absolute Gasteiger partial charge is 0.356 e. The van der Waals surface area contributed by atoms with E-state index in [0.29, 0.717) is 6.54 Å². The van der Waals surface area contributed by atoms with Crippen LogP contribution in [-0.4, -0.2) is 34.3 Å². The lowest BCUT2D eigenvalue weighted by Gasteiger charge is -2.13. The maximum absolute atomic E-state index is 4.24. The first-order valence-electron chi connectivity index (χ1n) is 8.09. The van der Waals surface area contributed by atoms with Gasteiger partial charge in [0.15, 0.2) is 11.8 Å². The number of aromatic nitrogens is 3. The van der Waals surface area contributed by atoms with Gasteiger partial charge in [0.05, 0.1) is 6.54 Å². The number of benzene rings is 1. The molecular formula is C17H27IN6. The molecule has 2 aromatic rings. The van der Waals surface area contributed by atoms with E-state index >= 15 is 0 Å². The standard InChI is InChI=1S/C17H26N6.HI/c1-14(2)8-7-11-19-17(18-3)20-12-16-22-21-13-23(16)15-9-5-4-6-10-15;/h4-6,9-10,13-14H,7-8,11-12H2,1-3H3,(H2,18,19,20);1H. The molecule has 1 aromatic carbocycles. The van der Waals surface area contributed by atoms with Crippen molar-refractivity contribution in [2.45, 2.75) is 33.2 Å². The molecule has 0 unspecified atom stereocenters. The van der Waals surface area contributed by atoms with Gasteiger partial charge in [-0.3, -0.25) is 9.56 Å². The molecule has 0 radical (unpaired) electrons. The van der Waals surface area contributed by atoms with Crippen LogP contribution in [-0.2, 0) is 6.54 Å². The quantitative estimate of drug-likeness (QED) is 0.300. The Morgan fingerprint density at radius 2 is 1.96 bits per heavy atom. The molecule has 0 fully saturated rings. The van der Waals surface area contributed by atoms with E-state index in [2.05, 4.69) is 39.7 Å². The molecule has 24 heavy (non-hydrogen) atoms. The van der Waals surface area contributed by atoms with Crippen LogP contribution in [0.25, 0.3) is 5.69 Å². The van der Waals surface area contributed by atoms with Gasteiger partial charge in [0, 0.05) is 19.3 Å². The summed E-state index contributed by atoms with van der Waals surface area (Å²) in [5.74, 6) is 2.37. The van der Waals surface area contributed by atoms with Gasteiger partial charge in [-0.1, -0.05) is 32.0 Å². The van der Waals surface area contributed by atoms with Crippen molar-refractivity contribution < 1.29 is 0 Å². The van der Waals surface area contributed by atoms with Crippen LogP contribution in [0.5, 0.6) is 0 Å². The topological polar surface area (TPSA) is 67.1 Å². The molecule has 0 aliphatic heterocycles. The summed E-state index contributed by atoms with van der Waals surface area (Å²) < 4.78 is 1.97. The van der Waals surface area contributed by atoms with Crippen LogP contribution in [0.2, 0.25) is 0 Å². The Kier molecular flexibility index (Phi) is 9.36. The first-order valence-corrected chi connectivity index (χ1v) is 8.09. The lowest BCUT2D eigenvalue weighted by molar-refractivity contribution is 0.549. The third kappa shape index (κ3) is 6.46. The summed E-state index contributed by atoms with van der Waals surface area (Å²) in [4.78, 5) is 4.24. The Labute approximate surface area is 161 Å². The highest BCUT2D eigenvalue weighted by atomic mass is 127. The third-order valence-corrected chi connectivity index (χ3v) is 3.54.